The Balaban J connectivity index is 2.31. The lowest BCUT2D eigenvalue weighted by Gasteiger charge is -2.22. The average Bonchev–Trinajstić information content (AvgIpc) is 2.82. The second-order valence-electron chi connectivity index (χ2n) is 5.00. The van der Waals surface area contributed by atoms with E-state index < -0.39 is 5.60 Å². The van der Waals surface area contributed by atoms with E-state index in [9.17, 15) is 4.79 Å². The minimum atomic E-state index is -0.529. The van der Waals surface area contributed by atoms with Crippen molar-refractivity contribution < 1.29 is 4.74 Å². The Kier molecular flexibility index (Phi) is 2.48. The minimum Gasteiger partial charge on any atom is -0.369 e. The summed E-state index contributed by atoms with van der Waals surface area (Å²) >= 11 is 0. The summed E-state index contributed by atoms with van der Waals surface area (Å²) in [4.78, 5) is 16.9. The maximum Gasteiger partial charge on any atom is 0.275 e. The molecule has 0 aliphatic carbocycles. The fraction of sp³-hybridized carbons (Fsp3) is 0.429. The van der Waals surface area contributed by atoms with Crippen molar-refractivity contribution >= 4 is 11.0 Å². The first-order valence-corrected chi connectivity index (χ1v) is 6.22. The molecule has 1 unspecified atom stereocenters. The highest BCUT2D eigenvalue weighted by Crippen LogP contribution is 2.33. The fourth-order valence-electron chi connectivity index (χ4n) is 2.59. The van der Waals surface area contributed by atoms with Crippen molar-refractivity contribution in [1.29, 1.82) is 0 Å². The van der Waals surface area contributed by atoms with E-state index in [4.69, 9.17) is 4.74 Å². The summed E-state index contributed by atoms with van der Waals surface area (Å²) in [5.41, 5.74) is 1.64. The number of aromatic nitrogens is 2. The molecule has 1 atom stereocenters. The van der Waals surface area contributed by atoms with Crippen molar-refractivity contribution in [1.82, 2.24) is 9.55 Å². The molecule has 1 aliphatic rings. The van der Waals surface area contributed by atoms with Gasteiger partial charge in [0.05, 0.1) is 11.0 Å². The molecule has 1 fully saturated rings. The van der Waals surface area contributed by atoms with Gasteiger partial charge >= 0.3 is 0 Å². The van der Waals surface area contributed by atoms with Gasteiger partial charge in [0, 0.05) is 13.7 Å². The molecule has 3 rings (SSSR count). The zero-order valence-electron chi connectivity index (χ0n) is 10.6. The summed E-state index contributed by atoms with van der Waals surface area (Å²) in [7, 11) is 1.79. The van der Waals surface area contributed by atoms with Gasteiger partial charge in [-0.15, -0.1) is 0 Å². The Hall–Kier alpha value is -1.68. The van der Waals surface area contributed by atoms with Crippen LogP contribution in [0.2, 0.25) is 0 Å². The van der Waals surface area contributed by atoms with E-state index in [1.165, 1.54) is 0 Å². The molecule has 94 valence electrons. The highest BCUT2D eigenvalue weighted by atomic mass is 16.5. The SMILES string of the molecule is Cn1c(=O)c(C2(C)CCCO2)nc2ccccc21. The molecule has 0 N–H and O–H groups in total. The first kappa shape index (κ1) is 11.4. The van der Waals surface area contributed by atoms with Crippen LogP contribution in [0.5, 0.6) is 0 Å². The molecule has 1 aliphatic heterocycles. The van der Waals surface area contributed by atoms with Gasteiger partial charge in [0.15, 0.2) is 0 Å². The molecule has 0 bridgehead atoms. The highest BCUT2D eigenvalue weighted by Gasteiger charge is 2.36. The molecule has 1 saturated heterocycles. The van der Waals surface area contributed by atoms with Crippen LogP contribution < -0.4 is 5.56 Å². The molecular weight excluding hydrogens is 228 g/mol. The smallest absolute Gasteiger partial charge is 0.275 e. The molecule has 0 radical (unpaired) electrons. The summed E-state index contributed by atoms with van der Waals surface area (Å²) in [5, 5.41) is 0. The van der Waals surface area contributed by atoms with Crippen molar-refractivity contribution in [2.75, 3.05) is 6.61 Å². The number of para-hydroxylation sites is 2. The van der Waals surface area contributed by atoms with E-state index in [-0.39, 0.29) is 5.56 Å². The van der Waals surface area contributed by atoms with Crippen LogP contribution in [-0.2, 0) is 17.4 Å². The van der Waals surface area contributed by atoms with Crippen molar-refractivity contribution in [3.8, 4) is 0 Å². The second-order valence-corrected chi connectivity index (χ2v) is 5.00. The van der Waals surface area contributed by atoms with Gasteiger partial charge in [-0.2, -0.15) is 0 Å². The molecule has 0 spiro atoms. The van der Waals surface area contributed by atoms with Gasteiger partial charge in [-0.1, -0.05) is 12.1 Å². The van der Waals surface area contributed by atoms with Crippen LogP contribution in [0, 0.1) is 0 Å². The molecule has 4 nitrogen and oxygen atoms in total. The third kappa shape index (κ3) is 1.56. The van der Waals surface area contributed by atoms with Crippen molar-refractivity contribution in [2.45, 2.75) is 25.4 Å². The fourth-order valence-corrected chi connectivity index (χ4v) is 2.59. The maximum atomic E-state index is 12.4. The summed E-state index contributed by atoms with van der Waals surface area (Å²) in [6, 6.07) is 7.68. The topological polar surface area (TPSA) is 44.1 Å². The molecular formula is C14H16N2O2. The highest BCUT2D eigenvalue weighted by molar-refractivity contribution is 5.74. The summed E-state index contributed by atoms with van der Waals surface area (Å²) < 4.78 is 7.39. The Morgan fingerprint density at radius 3 is 2.89 bits per heavy atom. The summed E-state index contributed by atoms with van der Waals surface area (Å²) in [5.74, 6) is 0. The quantitative estimate of drug-likeness (QED) is 0.770. The zero-order chi connectivity index (χ0) is 12.8. The first-order valence-electron chi connectivity index (χ1n) is 6.22. The van der Waals surface area contributed by atoms with Crippen LogP contribution in [0.3, 0.4) is 0 Å². The standard InChI is InChI=1S/C14H16N2O2/c1-14(8-5-9-18-14)12-13(17)16(2)11-7-4-3-6-10(11)15-12/h3-4,6-7H,5,8-9H2,1-2H3. The normalized spacial score (nSPS) is 23.7. The third-order valence-electron chi connectivity index (χ3n) is 3.70. The van der Waals surface area contributed by atoms with Crippen molar-refractivity contribution in [3.63, 3.8) is 0 Å². The van der Waals surface area contributed by atoms with Crippen molar-refractivity contribution in [2.24, 2.45) is 7.05 Å². The lowest BCUT2D eigenvalue weighted by Crippen LogP contribution is -2.34. The largest absolute Gasteiger partial charge is 0.369 e. The molecule has 1 aromatic carbocycles. The van der Waals surface area contributed by atoms with E-state index in [1.807, 2.05) is 31.2 Å². The molecule has 0 amide bonds. The average molecular weight is 244 g/mol. The van der Waals surface area contributed by atoms with Gasteiger partial charge in [-0.25, -0.2) is 4.98 Å². The second kappa shape index (κ2) is 3.92. The summed E-state index contributed by atoms with van der Waals surface area (Å²) in [6.45, 7) is 2.66. The summed E-state index contributed by atoms with van der Waals surface area (Å²) in [6.07, 6.45) is 1.84. The Labute approximate surface area is 105 Å². The molecule has 0 saturated carbocycles. The van der Waals surface area contributed by atoms with Gasteiger partial charge in [0.1, 0.15) is 11.3 Å². The monoisotopic (exact) mass is 244 g/mol. The molecule has 1 aromatic heterocycles. The Morgan fingerprint density at radius 2 is 2.17 bits per heavy atom. The number of fused-ring (bicyclic) bond motifs is 1. The number of hydrogen-bond donors (Lipinski definition) is 0. The number of ether oxygens (including phenoxy) is 1. The zero-order valence-corrected chi connectivity index (χ0v) is 10.6. The van der Waals surface area contributed by atoms with E-state index in [0.29, 0.717) is 12.3 Å². The Morgan fingerprint density at radius 1 is 1.39 bits per heavy atom. The van der Waals surface area contributed by atoms with E-state index in [2.05, 4.69) is 4.98 Å². The van der Waals surface area contributed by atoms with Gasteiger partial charge in [0.25, 0.3) is 5.56 Å². The number of rotatable bonds is 1. The third-order valence-corrected chi connectivity index (χ3v) is 3.70. The molecule has 2 heterocycles. The molecule has 4 heteroatoms. The van der Waals surface area contributed by atoms with Gasteiger partial charge in [0.2, 0.25) is 0 Å². The van der Waals surface area contributed by atoms with Gasteiger partial charge in [-0.05, 0) is 31.9 Å². The Bertz CT molecular complexity index is 654. The lowest BCUT2D eigenvalue weighted by molar-refractivity contribution is 0.0120. The minimum absolute atomic E-state index is 0.0573. The van der Waals surface area contributed by atoms with Gasteiger partial charge < -0.3 is 9.30 Å². The van der Waals surface area contributed by atoms with Gasteiger partial charge in [-0.3, -0.25) is 4.79 Å². The predicted molar refractivity (Wildman–Crippen MR) is 69.5 cm³/mol. The van der Waals surface area contributed by atoms with Crippen LogP contribution in [0.4, 0.5) is 0 Å². The molecule has 2 aromatic rings. The molecule has 18 heavy (non-hydrogen) atoms. The number of aryl methyl sites for hydroxylation is 1. The number of hydrogen-bond acceptors (Lipinski definition) is 3. The number of benzene rings is 1. The van der Waals surface area contributed by atoms with E-state index in [1.54, 1.807) is 11.6 Å². The maximum absolute atomic E-state index is 12.4. The first-order chi connectivity index (χ1) is 8.62. The lowest BCUT2D eigenvalue weighted by atomic mass is 9.98. The van der Waals surface area contributed by atoms with Crippen LogP contribution >= 0.6 is 0 Å². The van der Waals surface area contributed by atoms with Crippen LogP contribution in [0.25, 0.3) is 11.0 Å². The van der Waals surface area contributed by atoms with E-state index >= 15 is 0 Å². The van der Waals surface area contributed by atoms with Crippen LogP contribution in [0.15, 0.2) is 29.1 Å². The predicted octanol–water partition coefficient (Wildman–Crippen LogP) is 1.96. The van der Waals surface area contributed by atoms with Crippen LogP contribution in [0.1, 0.15) is 25.5 Å². The van der Waals surface area contributed by atoms with E-state index in [0.717, 1.165) is 23.9 Å². The van der Waals surface area contributed by atoms with Crippen molar-refractivity contribution in [3.05, 3.63) is 40.3 Å². The van der Waals surface area contributed by atoms with Crippen LogP contribution in [-0.4, -0.2) is 16.2 Å². The number of nitrogens with zero attached hydrogens (tertiary/aromatic N) is 2.